The number of halogens is 1. The molecule has 1 aromatic carbocycles. The number of morpholine rings is 1. The van der Waals surface area contributed by atoms with E-state index in [4.69, 9.17) is 9.72 Å². The molecule has 3 aromatic rings. The van der Waals surface area contributed by atoms with Crippen LogP contribution in [0.2, 0.25) is 0 Å². The number of pyridine rings is 2. The minimum atomic E-state index is -3.05. The molecular weight excluding hydrogens is 443 g/mol. The smallest absolute Gasteiger partial charge is 0.140 e. The number of hydrogen-bond donors (Lipinski definition) is 2. The highest BCUT2D eigenvalue weighted by Crippen LogP contribution is 2.36. The standard InChI is InChI=1S/C23H27FN6O2S/c1-15-14-32-12-11-30(15)21-13-19(29-33(2,31)20-6-4-3-5-17(20)24)16-7-9-25-23(22(16)27-21)18-8-10-26-28-18/h3-7,9,13,15,18,26,28H,8,10-12,14H2,1-2H3/t15-,18?,33-/m1/s1. The number of anilines is 1. The van der Waals surface area contributed by atoms with E-state index in [0.717, 1.165) is 29.9 Å². The lowest BCUT2D eigenvalue weighted by Crippen LogP contribution is -2.44. The lowest BCUT2D eigenvalue weighted by molar-refractivity contribution is 0.0986. The normalized spacial score (nSPS) is 22.9. The maximum absolute atomic E-state index is 14.5. The summed E-state index contributed by atoms with van der Waals surface area (Å²) in [7, 11) is -3.05. The fraction of sp³-hybridized carbons (Fsp3) is 0.391. The van der Waals surface area contributed by atoms with Gasteiger partial charge in [0, 0.05) is 37.0 Å². The highest BCUT2D eigenvalue weighted by Gasteiger charge is 2.26. The van der Waals surface area contributed by atoms with Crippen LogP contribution in [0.15, 0.2) is 51.9 Å². The third-order valence-electron chi connectivity index (χ3n) is 6.06. The maximum Gasteiger partial charge on any atom is 0.140 e. The second-order valence-electron chi connectivity index (χ2n) is 8.45. The first kappa shape index (κ1) is 22.1. The molecule has 3 atom stereocenters. The molecule has 5 rings (SSSR count). The molecule has 4 heterocycles. The van der Waals surface area contributed by atoms with E-state index in [1.54, 1.807) is 18.3 Å². The molecule has 0 amide bonds. The summed E-state index contributed by atoms with van der Waals surface area (Å²) in [4.78, 5) is 11.9. The van der Waals surface area contributed by atoms with E-state index in [0.29, 0.717) is 31.0 Å². The lowest BCUT2D eigenvalue weighted by Gasteiger charge is -2.34. The van der Waals surface area contributed by atoms with E-state index in [-0.39, 0.29) is 17.0 Å². The van der Waals surface area contributed by atoms with E-state index in [2.05, 4.69) is 32.0 Å². The average Bonchev–Trinajstić information content (AvgIpc) is 3.34. The maximum atomic E-state index is 14.5. The van der Waals surface area contributed by atoms with Crippen molar-refractivity contribution in [2.75, 3.05) is 37.5 Å². The van der Waals surface area contributed by atoms with Crippen molar-refractivity contribution in [3.63, 3.8) is 0 Å². The Kier molecular flexibility index (Phi) is 6.00. The molecule has 0 spiro atoms. The van der Waals surface area contributed by atoms with Crippen LogP contribution in [0.3, 0.4) is 0 Å². The topological polar surface area (TPSA) is 91.7 Å². The fourth-order valence-corrected chi connectivity index (χ4v) is 5.75. The Morgan fingerprint density at radius 2 is 2.15 bits per heavy atom. The number of nitrogens with zero attached hydrogens (tertiary/aromatic N) is 4. The van der Waals surface area contributed by atoms with E-state index >= 15 is 0 Å². The summed E-state index contributed by atoms with van der Waals surface area (Å²) in [5, 5.41) is 0.740. The molecule has 0 radical (unpaired) electrons. The zero-order chi connectivity index (χ0) is 23.0. The summed E-state index contributed by atoms with van der Waals surface area (Å²) in [5.74, 6) is 0.193. The Hall–Kier alpha value is -2.66. The first-order valence-electron chi connectivity index (χ1n) is 11.0. The molecule has 2 aromatic heterocycles. The first-order valence-corrected chi connectivity index (χ1v) is 13.0. The zero-order valence-corrected chi connectivity index (χ0v) is 19.4. The van der Waals surface area contributed by atoms with Crippen LogP contribution in [0, 0.1) is 5.82 Å². The fourth-order valence-electron chi connectivity index (χ4n) is 4.36. The SMILES string of the molecule is C[C@@H]1COCCN1c1cc(N=[S@](C)(=O)c2ccccc2F)c2ccnc(C3CCNN3)c2n1. The monoisotopic (exact) mass is 470 g/mol. The minimum Gasteiger partial charge on any atom is -0.377 e. The molecule has 2 fully saturated rings. The lowest BCUT2D eigenvalue weighted by atomic mass is 10.1. The van der Waals surface area contributed by atoms with Crippen molar-refractivity contribution < 1.29 is 13.3 Å². The van der Waals surface area contributed by atoms with Crippen LogP contribution >= 0.6 is 0 Å². The van der Waals surface area contributed by atoms with Crippen molar-refractivity contribution in [2.45, 2.75) is 30.3 Å². The highest BCUT2D eigenvalue weighted by atomic mass is 32.2. The number of fused-ring (bicyclic) bond motifs is 1. The van der Waals surface area contributed by atoms with Gasteiger partial charge in [0.05, 0.1) is 56.8 Å². The Bertz CT molecular complexity index is 1300. The van der Waals surface area contributed by atoms with Gasteiger partial charge in [-0.1, -0.05) is 12.1 Å². The van der Waals surface area contributed by atoms with Gasteiger partial charge in [0.2, 0.25) is 0 Å². The zero-order valence-electron chi connectivity index (χ0n) is 18.6. The third-order valence-corrected chi connectivity index (χ3v) is 7.76. The average molecular weight is 471 g/mol. The molecule has 0 aliphatic carbocycles. The molecular formula is C23H27FN6O2S. The minimum absolute atomic E-state index is 0.00367. The number of benzene rings is 1. The van der Waals surface area contributed by atoms with Gasteiger partial charge in [-0.25, -0.2) is 19.0 Å². The second kappa shape index (κ2) is 8.94. The predicted molar refractivity (Wildman–Crippen MR) is 126 cm³/mol. The number of ether oxygens (including phenoxy) is 1. The summed E-state index contributed by atoms with van der Waals surface area (Å²) < 4.78 is 38.3. The van der Waals surface area contributed by atoms with Crippen LogP contribution in [0.5, 0.6) is 0 Å². The van der Waals surface area contributed by atoms with Crippen molar-refractivity contribution >= 4 is 32.1 Å². The van der Waals surface area contributed by atoms with E-state index < -0.39 is 15.5 Å². The number of nitrogens with one attached hydrogen (secondary N) is 2. The molecule has 0 bridgehead atoms. The second-order valence-corrected chi connectivity index (χ2v) is 10.7. The van der Waals surface area contributed by atoms with Crippen LogP contribution in [0.4, 0.5) is 15.9 Å². The Labute approximate surface area is 192 Å². The number of hydrogen-bond acceptors (Lipinski definition) is 8. The Balaban J connectivity index is 1.74. The van der Waals surface area contributed by atoms with Crippen LogP contribution < -0.4 is 15.8 Å². The third kappa shape index (κ3) is 4.31. The molecule has 2 aliphatic rings. The van der Waals surface area contributed by atoms with Gasteiger partial charge in [-0.15, -0.1) is 0 Å². The van der Waals surface area contributed by atoms with E-state index in [9.17, 15) is 8.60 Å². The van der Waals surface area contributed by atoms with Gasteiger partial charge in [-0.3, -0.25) is 10.4 Å². The largest absolute Gasteiger partial charge is 0.377 e. The summed E-state index contributed by atoms with van der Waals surface area (Å²) in [6.45, 7) is 4.80. The summed E-state index contributed by atoms with van der Waals surface area (Å²) in [6, 6.07) is 9.88. The van der Waals surface area contributed by atoms with Crippen molar-refractivity contribution in [3.05, 3.63) is 54.1 Å². The van der Waals surface area contributed by atoms with Gasteiger partial charge in [0.15, 0.2) is 0 Å². The molecule has 1 unspecified atom stereocenters. The molecule has 8 nitrogen and oxygen atoms in total. The van der Waals surface area contributed by atoms with Crippen molar-refractivity contribution in [1.29, 1.82) is 0 Å². The van der Waals surface area contributed by atoms with E-state index in [1.807, 2.05) is 12.1 Å². The molecule has 174 valence electrons. The van der Waals surface area contributed by atoms with Gasteiger partial charge in [0.25, 0.3) is 0 Å². The number of rotatable bonds is 4. The van der Waals surface area contributed by atoms with Gasteiger partial charge < -0.3 is 9.64 Å². The Morgan fingerprint density at radius 1 is 1.30 bits per heavy atom. The van der Waals surface area contributed by atoms with E-state index in [1.165, 1.54) is 18.4 Å². The van der Waals surface area contributed by atoms with Crippen molar-refractivity contribution in [3.8, 4) is 0 Å². The summed E-state index contributed by atoms with van der Waals surface area (Å²) in [5.41, 5.74) is 8.43. The van der Waals surface area contributed by atoms with Crippen LogP contribution in [-0.2, 0) is 14.5 Å². The van der Waals surface area contributed by atoms with Gasteiger partial charge in [-0.2, -0.15) is 4.36 Å². The van der Waals surface area contributed by atoms with Crippen molar-refractivity contribution in [1.82, 2.24) is 20.8 Å². The van der Waals surface area contributed by atoms with Crippen LogP contribution in [0.25, 0.3) is 10.9 Å². The highest BCUT2D eigenvalue weighted by molar-refractivity contribution is 7.93. The molecule has 2 aliphatic heterocycles. The number of hydrazine groups is 1. The molecule has 0 saturated carbocycles. The van der Waals surface area contributed by atoms with Crippen molar-refractivity contribution in [2.24, 2.45) is 4.36 Å². The molecule has 33 heavy (non-hydrogen) atoms. The summed E-state index contributed by atoms with van der Waals surface area (Å²) >= 11 is 0. The molecule has 10 heteroatoms. The van der Waals surface area contributed by atoms with Crippen LogP contribution in [-0.4, -0.2) is 52.8 Å². The van der Waals surface area contributed by atoms with Gasteiger partial charge >= 0.3 is 0 Å². The molecule has 2 saturated heterocycles. The summed E-state index contributed by atoms with van der Waals surface area (Å²) in [6.07, 6.45) is 4.06. The van der Waals surface area contributed by atoms with Crippen LogP contribution in [0.1, 0.15) is 25.1 Å². The molecule has 2 N–H and O–H groups in total. The number of aromatic nitrogens is 2. The Morgan fingerprint density at radius 3 is 2.91 bits per heavy atom. The quantitative estimate of drug-likeness (QED) is 0.604. The van der Waals surface area contributed by atoms with Gasteiger partial charge in [-0.05, 0) is 31.5 Å². The van der Waals surface area contributed by atoms with Gasteiger partial charge in [0.1, 0.15) is 11.6 Å². The first-order chi connectivity index (χ1) is 15.9. The predicted octanol–water partition coefficient (Wildman–Crippen LogP) is 3.32.